The number of amides is 2. The van der Waals surface area contributed by atoms with E-state index >= 15 is 0 Å². The summed E-state index contributed by atoms with van der Waals surface area (Å²) in [6, 6.07) is 3.47. The zero-order valence-corrected chi connectivity index (χ0v) is 14.7. The van der Waals surface area contributed by atoms with Gasteiger partial charge in [0, 0.05) is 22.8 Å². The summed E-state index contributed by atoms with van der Waals surface area (Å²) in [7, 11) is 0. The van der Waals surface area contributed by atoms with Crippen molar-refractivity contribution in [3.63, 3.8) is 0 Å². The zero-order chi connectivity index (χ0) is 17.6. The Morgan fingerprint density at radius 3 is 2.92 bits per heavy atom. The van der Waals surface area contributed by atoms with Gasteiger partial charge in [0.15, 0.2) is 0 Å². The van der Waals surface area contributed by atoms with Crippen LogP contribution in [0.2, 0.25) is 0 Å². The molecule has 3 N–H and O–H groups in total. The van der Waals surface area contributed by atoms with E-state index in [1.165, 1.54) is 11.3 Å². The fourth-order valence-electron chi connectivity index (χ4n) is 3.34. The second kappa shape index (κ2) is 6.00. The second-order valence-corrected chi connectivity index (χ2v) is 7.40. The number of primary amides is 1. The van der Waals surface area contributed by atoms with E-state index in [9.17, 15) is 9.59 Å². The highest BCUT2D eigenvalue weighted by Crippen LogP contribution is 2.38. The predicted octanol–water partition coefficient (Wildman–Crippen LogP) is 2.93. The van der Waals surface area contributed by atoms with Crippen molar-refractivity contribution in [3.8, 4) is 0 Å². The van der Waals surface area contributed by atoms with Crippen molar-refractivity contribution < 1.29 is 9.59 Å². The number of fused-ring (bicyclic) bond motifs is 2. The first-order valence-electron chi connectivity index (χ1n) is 8.24. The molecule has 2 amide bonds. The van der Waals surface area contributed by atoms with Crippen molar-refractivity contribution in [3.05, 3.63) is 51.8 Å². The van der Waals surface area contributed by atoms with Crippen LogP contribution in [0, 0.1) is 6.92 Å². The number of nitrogens with two attached hydrogens (primary N) is 1. The van der Waals surface area contributed by atoms with E-state index < -0.39 is 5.91 Å². The van der Waals surface area contributed by atoms with Gasteiger partial charge in [0.2, 0.25) is 0 Å². The predicted molar refractivity (Wildman–Crippen MR) is 97.4 cm³/mol. The molecule has 0 aromatic carbocycles. The van der Waals surface area contributed by atoms with Crippen molar-refractivity contribution in [2.24, 2.45) is 5.73 Å². The standard InChI is InChI=1S/C18H18N4O2S/c1-10-9-22-7-6-11(8-14(22)20-10)17(24)21-18-15(16(19)23)12-4-2-3-5-13(12)25-18/h6-9H,2-5H2,1H3,(H2,19,23)(H,21,24). The Balaban J connectivity index is 1.67. The van der Waals surface area contributed by atoms with Crippen LogP contribution in [0.5, 0.6) is 0 Å². The first-order valence-corrected chi connectivity index (χ1v) is 9.05. The molecule has 0 fully saturated rings. The Morgan fingerprint density at radius 2 is 2.12 bits per heavy atom. The third kappa shape index (κ3) is 2.80. The van der Waals surface area contributed by atoms with Crippen LogP contribution in [-0.2, 0) is 12.8 Å². The van der Waals surface area contributed by atoms with Gasteiger partial charge in [-0.1, -0.05) is 0 Å². The molecule has 6 nitrogen and oxygen atoms in total. The molecule has 0 unspecified atom stereocenters. The number of carbonyl (C=O) groups is 2. The van der Waals surface area contributed by atoms with Gasteiger partial charge in [-0.25, -0.2) is 4.98 Å². The summed E-state index contributed by atoms with van der Waals surface area (Å²) in [5.41, 5.74) is 9.17. The molecular formula is C18H18N4O2S. The Morgan fingerprint density at radius 1 is 1.32 bits per heavy atom. The summed E-state index contributed by atoms with van der Waals surface area (Å²) in [6.07, 6.45) is 7.64. The lowest BCUT2D eigenvalue weighted by molar-refractivity contribution is 0.100. The Hall–Kier alpha value is -2.67. The minimum atomic E-state index is -0.478. The third-order valence-corrected chi connectivity index (χ3v) is 5.69. The van der Waals surface area contributed by atoms with Crippen molar-refractivity contribution >= 4 is 33.8 Å². The molecule has 1 aliphatic rings. The maximum atomic E-state index is 12.7. The zero-order valence-electron chi connectivity index (χ0n) is 13.8. The molecule has 0 saturated carbocycles. The molecule has 3 heterocycles. The van der Waals surface area contributed by atoms with Crippen LogP contribution < -0.4 is 11.1 Å². The van der Waals surface area contributed by atoms with Gasteiger partial charge < -0.3 is 15.5 Å². The molecule has 0 bridgehead atoms. The fourth-order valence-corrected chi connectivity index (χ4v) is 4.63. The number of anilines is 1. The SMILES string of the molecule is Cc1cn2ccc(C(=O)Nc3sc4c(c3C(N)=O)CCCC4)cc2n1. The van der Waals surface area contributed by atoms with Gasteiger partial charge >= 0.3 is 0 Å². The highest BCUT2D eigenvalue weighted by molar-refractivity contribution is 7.17. The number of rotatable bonds is 3. The highest BCUT2D eigenvalue weighted by atomic mass is 32.1. The van der Waals surface area contributed by atoms with Crippen LogP contribution in [0.1, 0.15) is 49.7 Å². The average molecular weight is 354 g/mol. The van der Waals surface area contributed by atoms with Gasteiger partial charge in [-0.2, -0.15) is 0 Å². The van der Waals surface area contributed by atoms with Crippen LogP contribution in [-0.4, -0.2) is 21.2 Å². The molecule has 25 heavy (non-hydrogen) atoms. The molecule has 128 valence electrons. The van der Waals surface area contributed by atoms with Gasteiger partial charge in [0.1, 0.15) is 10.6 Å². The molecule has 3 aromatic rings. The van der Waals surface area contributed by atoms with E-state index in [-0.39, 0.29) is 5.91 Å². The Bertz CT molecular complexity index is 1000. The number of hydrogen-bond donors (Lipinski definition) is 2. The van der Waals surface area contributed by atoms with Crippen molar-refractivity contribution in [2.75, 3.05) is 5.32 Å². The molecule has 0 atom stereocenters. The molecule has 1 aliphatic carbocycles. The smallest absolute Gasteiger partial charge is 0.256 e. The quantitative estimate of drug-likeness (QED) is 0.758. The summed E-state index contributed by atoms with van der Waals surface area (Å²) in [4.78, 5) is 30.1. The van der Waals surface area contributed by atoms with Gasteiger partial charge in [0.25, 0.3) is 11.8 Å². The summed E-state index contributed by atoms with van der Waals surface area (Å²) in [6.45, 7) is 1.90. The number of carbonyl (C=O) groups excluding carboxylic acids is 2. The van der Waals surface area contributed by atoms with Crippen LogP contribution >= 0.6 is 11.3 Å². The van der Waals surface area contributed by atoms with Gasteiger partial charge in [-0.15, -0.1) is 11.3 Å². The van der Waals surface area contributed by atoms with Gasteiger partial charge in [0.05, 0.1) is 11.3 Å². The largest absolute Gasteiger partial charge is 0.365 e. The normalized spacial score (nSPS) is 13.6. The third-order valence-electron chi connectivity index (χ3n) is 4.49. The Labute approximate surface area is 148 Å². The number of nitrogens with zero attached hydrogens (tertiary/aromatic N) is 2. The summed E-state index contributed by atoms with van der Waals surface area (Å²) in [5.74, 6) is -0.738. The minimum absolute atomic E-state index is 0.260. The van der Waals surface area contributed by atoms with Crippen LogP contribution in [0.3, 0.4) is 0 Å². The fraction of sp³-hybridized carbons (Fsp3) is 0.278. The summed E-state index contributed by atoms with van der Waals surface area (Å²) < 4.78 is 1.87. The second-order valence-electron chi connectivity index (χ2n) is 6.30. The average Bonchev–Trinajstić information content (AvgIpc) is 3.12. The van der Waals surface area contributed by atoms with E-state index in [2.05, 4.69) is 10.3 Å². The number of hydrogen-bond acceptors (Lipinski definition) is 4. The highest BCUT2D eigenvalue weighted by Gasteiger charge is 2.25. The molecule has 0 radical (unpaired) electrons. The maximum Gasteiger partial charge on any atom is 0.256 e. The maximum absolute atomic E-state index is 12.7. The van der Waals surface area contributed by atoms with Crippen LogP contribution in [0.4, 0.5) is 5.00 Å². The monoisotopic (exact) mass is 354 g/mol. The lowest BCUT2D eigenvalue weighted by atomic mass is 9.95. The molecule has 4 rings (SSSR count). The topological polar surface area (TPSA) is 89.5 Å². The van der Waals surface area contributed by atoms with Crippen LogP contribution in [0.25, 0.3) is 5.65 Å². The summed E-state index contributed by atoms with van der Waals surface area (Å²) in [5, 5.41) is 3.44. The first kappa shape index (κ1) is 15.8. The molecule has 7 heteroatoms. The molecule has 0 aliphatic heterocycles. The lowest BCUT2D eigenvalue weighted by Gasteiger charge is -2.11. The van der Waals surface area contributed by atoms with Gasteiger partial charge in [-0.05, 0) is 50.3 Å². The molecule has 0 spiro atoms. The number of aromatic nitrogens is 2. The van der Waals surface area contributed by atoms with E-state index in [4.69, 9.17) is 5.73 Å². The van der Waals surface area contributed by atoms with Gasteiger partial charge in [-0.3, -0.25) is 9.59 Å². The van der Waals surface area contributed by atoms with E-state index in [1.807, 2.05) is 17.5 Å². The Kier molecular flexibility index (Phi) is 3.80. The molecular weight excluding hydrogens is 336 g/mol. The van der Waals surface area contributed by atoms with Crippen molar-refractivity contribution in [2.45, 2.75) is 32.6 Å². The number of nitrogens with one attached hydrogen (secondary N) is 1. The van der Waals surface area contributed by atoms with E-state index in [0.29, 0.717) is 21.8 Å². The van der Waals surface area contributed by atoms with Crippen molar-refractivity contribution in [1.82, 2.24) is 9.38 Å². The lowest BCUT2D eigenvalue weighted by Crippen LogP contribution is -2.18. The number of thiophene rings is 1. The number of aryl methyl sites for hydroxylation is 2. The first-order chi connectivity index (χ1) is 12.0. The van der Waals surface area contributed by atoms with Crippen LogP contribution in [0.15, 0.2) is 24.5 Å². The molecule has 3 aromatic heterocycles. The van der Waals surface area contributed by atoms with E-state index in [1.54, 1.807) is 18.3 Å². The number of imidazole rings is 1. The van der Waals surface area contributed by atoms with E-state index in [0.717, 1.165) is 41.8 Å². The number of pyridine rings is 1. The van der Waals surface area contributed by atoms with Crippen molar-refractivity contribution in [1.29, 1.82) is 0 Å². The minimum Gasteiger partial charge on any atom is -0.365 e. The summed E-state index contributed by atoms with van der Waals surface area (Å²) >= 11 is 1.47. The molecule has 0 saturated heterocycles.